The Bertz CT molecular complexity index is 881. The summed E-state index contributed by atoms with van der Waals surface area (Å²) in [6, 6.07) is 7.29. The molecule has 134 valence electrons. The van der Waals surface area contributed by atoms with Crippen molar-refractivity contribution in [3.63, 3.8) is 0 Å². The summed E-state index contributed by atoms with van der Waals surface area (Å²) in [5.74, 6) is -0.142. The van der Waals surface area contributed by atoms with Crippen LogP contribution in [-0.4, -0.2) is 34.3 Å². The fourth-order valence-corrected chi connectivity index (χ4v) is 2.74. The lowest BCUT2D eigenvalue weighted by molar-refractivity contribution is 0.0636. The third-order valence-corrected chi connectivity index (χ3v) is 3.97. The molecule has 0 unspecified atom stereocenters. The number of aromatic nitrogens is 1. The van der Waals surface area contributed by atoms with Crippen LogP contribution in [0.5, 0.6) is 0 Å². The molecule has 1 aliphatic rings. The van der Waals surface area contributed by atoms with Crippen LogP contribution in [0.1, 0.15) is 34.6 Å². The van der Waals surface area contributed by atoms with E-state index in [1.807, 2.05) is 13.8 Å². The van der Waals surface area contributed by atoms with Gasteiger partial charge in [0.1, 0.15) is 5.82 Å². The molecular weight excluding hydrogens is 356 g/mol. The SMILES string of the molecule is CC(C)CN1C(=O)c2ccc(NC(=O)Nc3ccc(Cl)cn3)cc2C1=O. The zero-order valence-corrected chi connectivity index (χ0v) is 15.0. The van der Waals surface area contributed by atoms with E-state index in [1.165, 1.54) is 17.2 Å². The molecule has 2 aromatic rings. The van der Waals surface area contributed by atoms with E-state index in [9.17, 15) is 14.4 Å². The first-order valence-electron chi connectivity index (χ1n) is 8.05. The topological polar surface area (TPSA) is 91.4 Å². The molecule has 1 aliphatic heterocycles. The lowest BCUT2D eigenvalue weighted by Gasteiger charge is -2.15. The van der Waals surface area contributed by atoms with Gasteiger partial charge in [0.05, 0.1) is 16.1 Å². The standard InChI is InChI=1S/C18H17ClN4O3/c1-10(2)9-23-16(24)13-5-4-12(7-14(13)17(23)25)21-18(26)22-15-6-3-11(19)8-20-15/h3-8,10H,9H2,1-2H3,(H2,20,21,22,26). The molecule has 0 radical (unpaired) electrons. The van der Waals surface area contributed by atoms with Crippen LogP contribution in [-0.2, 0) is 0 Å². The molecule has 3 rings (SSSR count). The smallest absolute Gasteiger partial charge is 0.308 e. The Morgan fingerprint density at radius 1 is 1.12 bits per heavy atom. The number of fused-ring (bicyclic) bond motifs is 1. The fourth-order valence-electron chi connectivity index (χ4n) is 2.63. The van der Waals surface area contributed by atoms with Crippen molar-refractivity contribution >= 4 is 41.0 Å². The van der Waals surface area contributed by atoms with Crippen molar-refractivity contribution in [2.24, 2.45) is 5.92 Å². The van der Waals surface area contributed by atoms with Crippen LogP contribution < -0.4 is 10.6 Å². The van der Waals surface area contributed by atoms with Gasteiger partial charge in [-0.2, -0.15) is 0 Å². The molecule has 0 bridgehead atoms. The monoisotopic (exact) mass is 372 g/mol. The normalized spacial score (nSPS) is 13.2. The van der Waals surface area contributed by atoms with E-state index < -0.39 is 6.03 Å². The zero-order valence-electron chi connectivity index (χ0n) is 14.2. The van der Waals surface area contributed by atoms with Gasteiger partial charge in [0, 0.05) is 18.4 Å². The molecule has 0 saturated heterocycles. The van der Waals surface area contributed by atoms with Gasteiger partial charge in [-0.1, -0.05) is 25.4 Å². The molecule has 2 heterocycles. The first-order valence-corrected chi connectivity index (χ1v) is 8.42. The predicted octanol–water partition coefficient (Wildman–Crippen LogP) is 3.63. The number of hydrogen-bond donors (Lipinski definition) is 2. The van der Waals surface area contributed by atoms with Crippen molar-refractivity contribution in [2.45, 2.75) is 13.8 Å². The van der Waals surface area contributed by atoms with Crippen LogP contribution in [0.4, 0.5) is 16.3 Å². The molecule has 4 amide bonds. The largest absolute Gasteiger partial charge is 0.324 e. The summed E-state index contributed by atoms with van der Waals surface area (Å²) in [7, 11) is 0. The number of anilines is 2. The van der Waals surface area contributed by atoms with E-state index >= 15 is 0 Å². The quantitative estimate of drug-likeness (QED) is 0.801. The Balaban J connectivity index is 1.73. The minimum atomic E-state index is -0.518. The van der Waals surface area contributed by atoms with Crippen molar-refractivity contribution in [1.82, 2.24) is 9.88 Å². The highest BCUT2D eigenvalue weighted by molar-refractivity contribution is 6.30. The second kappa shape index (κ2) is 7.13. The Morgan fingerprint density at radius 2 is 1.85 bits per heavy atom. The van der Waals surface area contributed by atoms with Crippen LogP contribution >= 0.6 is 11.6 Å². The first-order chi connectivity index (χ1) is 12.3. The maximum Gasteiger partial charge on any atom is 0.324 e. The van der Waals surface area contributed by atoms with Gasteiger partial charge in [0.2, 0.25) is 0 Å². The molecule has 0 saturated carbocycles. The molecule has 1 aromatic heterocycles. The molecule has 0 atom stereocenters. The van der Waals surface area contributed by atoms with E-state index in [2.05, 4.69) is 15.6 Å². The van der Waals surface area contributed by atoms with Crippen LogP contribution in [0.3, 0.4) is 0 Å². The maximum atomic E-state index is 12.5. The van der Waals surface area contributed by atoms with Crippen molar-refractivity contribution in [3.05, 3.63) is 52.7 Å². The summed E-state index contributed by atoms with van der Waals surface area (Å²) < 4.78 is 0. The van der Waals surface area contributed by atoms with Crippen LogP contribution in [0.15, 0.2) is 36.5 Å². The van der Waals surface area contributed by atoms with Gasteiger partial charge in [0.15, 0.2) is 0 Å². The summed E-state index contributed by atoms with van der Waals surface area (Å²) in [4.78, 5) is 42.1. The van der Waals surface area contributed by atoms with E-state index in [-0.39, 0.29) is 23.3 Å². The number of imide groups is 1. The highest BCUT2D eigenvalue weighted by atomic mass is 35.5. The third-order valence-electron chi connectivity index (χ3n) is 3.75. The molecule has 8 heteroatoms. The summed E-state index contributed by atoms with van der Waals surface area (Å²) in [6.07, 6.45) is 1.42. The number of urea groups is 1. The van der Waals surface area contributed by atoms with Gasteiger partial charge in [-0.25, -0.2) is 9.78 Å². The number of nitrogens with one attached hydrogen (secondary N) is 2. The Hall–Kier alpha value is -2.93. The molecule has 0 fully saturated rings. The second-order valence-electron chi connectivity index (χ2n) is 6.32. The van der Waals surface area contributed by atoms with Crippen LogP contribution in [0.25, 0.3) is 0 Å². The Morgan fingerprint density at radius 3 is 2.50 bits per heavy atom. The lowest BCUT2D eigenvalue weighted by Crippen LogP contribution is -2.33. The van der Waals surface area contributed by atoms with E-state index in [0.29, 0.717) is 28.6 Å². The number of carbonyl (C=O) groups excluding carboxylic acids is 3. The Kier molecular flexibility index (Phi) is 4.90. The van der Waals surface area contributed by atoms with Crippen molar-refractivity contribution in [2.75, 3.05) is 17.2 Å². The molecule has 7 nitrogen and oxygen atoms in total. The lowest BCUT2D eigenvalue weighted by atomic mass is 10.1. The van der Waals surface area contributed by atoms with Crippen LogP contribution in [0.2, 0.25) is 5.02 Å². The number of halogens is 1. The second-order valence-corrected chi connectivity index (χ2v) is 6.75. The van der Waals surface area contributed by atoms with Crippen molar-refractivity contribution in [1.29, 1.82) is 0 Å². The average molecular weight is 373 g/mol. The number of pyridine rings is 1. The molecule has 26 heavy (non-hydrogen) atoms. The Labute approximate surface area is 155 Å². The van der Waals surface area contributed by atoms with Gasteiger partial charge < -0.3 is 5.32 Å². The molecule has 2 N–H and O–H groups in total. The molecule has 0 aliphatic carbocycles. The minimum absolute atomic E-state index is 0.174. The maximum absolute atomic E-state index is 12.5. The number of nitrogens with zero attached hydrogens (tertiary/aromatic N) is 2. The summed E-state index contributed by atoms with van der Waals surface area (Å²) in [6.45, 7) is 4.23. The molecule has 0 spiro atoms. The summed E-state index contributed by atoms with van der Waals surface area (Å²) in [5, 5.41) is 5.64. The van der Waals surface area contributed by atoms with Gasteiger partial charge in [-0.05, 0) is 36.2 Å². The summed E-state index contributed by atoms with van der Waals surface area (Å²) >= 11 is 5.75. The third kappa shape index (κ3) is 3.67. The van der Waals surface area contributed by atoms with Gasteiger partial charge in [-0.15, -0.1) is 0 Å². The number of hydrogen-bond acceptors (Lipinski definition) is 4. The predicted molar refractivity (Wildman–Crippen MR) is 98.5 cm³/mol. The highest BCUT2D eigenvalue weighted by Gasteiger charge is 2.35. The first kappa shape index (κ1) is 17.9. The van der Waals surface area contributed by atoms with Gasteiger partial charge in [-0.3, -0.25) is 19.8 Å². The van der Waals surface area contributed by atoms with Crippen molar-refractivity contribution < 1.29 is 14.4 Å². The summed E-state index contributed by atoms with van der Waals surface area (Å²) in [5.41, 5.74) is 1.04. The van der Waals surface area contributed by atoms with Crippen LogP contribution in [0, 0.1) is 5.92 Å². The zero-order chi connectivity index (χ0) is 18.8. The molecule has 1 aromatic carbocycles. The van der Waals surface area contributed by atoms with E-state index in [0.717, 1.165) is 0 Å². The fraction of sp³-hybridized carbons (Fsp3) is 0.222. The van der Waals surface area contributed by atoms with Gasteiger partial charge >= 0.3 is 6.03 Å². The molecular formula is C18H17ClN4O3. The average Bonchev–Trinajstić information content (AvgIpc) is 2.81. The van der Waals surface area contributed by atoms with E-state index in [1.54, 1.807) is 24.3 Å². The minimum Gasteiger partial charge on any atom is -0.308 e. The number of amides is 4. The number of carbonyl (C=O) groups is 3. The number of benzene rings is 1. The van der Waals surface area contributed by atoms with Crippen molar-refractivity contribution in [3.8, 4) is 0 Å². The number of rotatable bonds is 4. The van der Waals surface area contributed by atoms with Gasteiger partial charge in [0.25, 0.3) is 11.8 Å². The van der Waals surface area contributed by atoms with E-state index in [4.69, 9.17) is 11.6 Å². The highest BCUT2D eigenvalue weighted by Crippen LogP contribution is 2.26.